The number of ether oxygens (including phenoxy) is 3. The lowest BCUT2D eigenvalue weighted by Crippen LogP contribution is -2.57. The maximum Gasteiger partial charge on any atom is 0.408 e. The van der Waals surface area contributed by atoms with Gasteiger partial charge in [0, 0.05) is 25.9 Å². The molecule has 0 bridgehead atoms. The minimum Gasteiger partial charge on any atom is -0.444 e. The molecule has 2 aromatic carbocycles. The Balaban J connectivity index is 1.69. The summed E-state index contributed by atoms with van der Waals surface area (Å²) >= 11 is 0. The van der Waals surface area contributed by atoms with Crippen LogP contribution in [0.2, 0.25) is 0 Å². The number of carbonyl (C=O) groups is 6. The van der Waals surface area contributed by atoms with Gasteiger partial charge in [-0.15, -0.1) is 0 Å². The van der Waals surface area contributed by atoms with Crippen molar-refractivity contribution in [2.24, 2.45) is 11.8 Å². The molecule has 0 spiro atoms. The van der Waals surface area contributed by atoms with E-state index in [2.05, 4.69) is 31.9 Å². The summed E-state index contributed by atoms with van der Waals surface area (Å²) in [5, 5.41) is 38.0. The van der Waals surface area contributed by atoms with Crippen LogP contribution in [0.25, 0.3) is 0 Å². The van der Waals surface area contributed by atoms with Crippen molar-refractivity contribution in [2.75, 3.05) is 13.1 Å². The van der Waals surface area contributed by atoms with E-state index < -0.39 is 95.6 Å². The van der Waals surface area contributed by atoms with Crippen LogP contribution in [-0.2, 0) is 46.2 Å². The summed E-state index contributed by atoms with van der Waals surface area (Å²) in [6.45, 7) is 16.6. The van der Waals surface area contributed by atoms with Gasteiger partial charge >= 0.3 is 12.2 Å². The van der Waals surface area contributed by atoms with Crippen molar-refractivity contribution in [1.82, 2.24) is 31.9 Å². The average molecular weight is 855 g/mol. The second kappa shape index (κ2) is 22.5. The Morgan fingerprint density at radius 2 is 0.885 bits per heavy atom. The van der Waals surface area contributed by atoms with Crippen molar-refractivity contribution in [3.63, 3.8) is 0 Å². The third kappa shape index (κ3) is 17.0. The zero-order chi connectivity index (χ0) is 45.7. The first-order chi connectivity index (χ1) is 28.4. The van der Waals surface area contributed by atoms with Gasteiger partial charge in [0.15, 0.2) is 0 Å². The summed E-state index contributed by atoms with van der Waals surface area (Å²) in [6.07, 6.45) is -6.50. The molecule has 0 radical (unpaired) electrons. The van der Waals surface area contributed by atoms with Crippen LogP contribution in [0.3, 0.4) is 0 Å². The number of aliphatic hydroxyl groups is 2. The van der Waals surface area contributed by atoms with E-state index in [1.807, 2.05) is 12.1 Å². The van der Waals surface area contributed by atoms with Crippen LogP contribution >= 0.6 is 0 Å². The molecule has 8 N–H and O–H groups in total. The fourth-order valence-corrected chi connectivity index (χ4v) is 6.39. The molecule has 0 aromatic heterocycles. The van der Waals surface area contributed by atoms with Gasteiger partial charge in [-0.25, -0.2) is 9.59 Å². The summed E-state index contributed by atoms with van der Waals surface area (Å²) in [5.74, 6) is -3.17. The number of alkyl carbamates (subject to hydrolysis) is 2. The molecule has 61 heavy (non-hydrogen) atoms. The van der Waals surface area contributed by atoms with Crippen LogP contribution in [0.5, 0.6) is 0 Å². The Kier molecular flexibility index (Phi) is 18.5. The summed E-state index contributed by atoms with van der Waals surface area (Å²) in [5.41, 5.74) is -0.111. The largest absolute Gasteiger partial charge is 0.444 e. The highest BCUT2D eigenvalue weighted by Crippen LogP contribution is 2.21. The molecule has 6 amide bonds. The third-order valence-electron chi connectivity index (χ3n) is 9.49. The van der Waals surface area contributed by atoms with Gasteiger partial charge in [-0.1, -0.05) is 88.4 Å². The molecule has 2 aromatic rings. The number of hydrogen-bond acceptors (Lipinski definition) is 11. The van der Waals surface area contributed by atoms with Gasteiger partial charge in [-0.3, -0.25) is 19.2 Å². The predicted molar refractivity (Wildman–Crippen MR) is 227 cm³/mol. The van der Waals surface area contributed by atoms with Gasteiger partial charge in [0.2, 0.25) is 23.6 Å². The summed E-state index contributed by atoms with van der Waals surface area (Å²) in [7, 11) is 0. The number of hydrogen-bond donors (Lipinski definition) is 8. The highest BCUT2D eigenvalue weighted by atomic mass is 16.6. The zero-order valence-electron chi connectivity index (χ0n) is 36.9. The van der Waals surface area contributed by atoms with E-state index in [-0.39, 0.29) is 37.8 Å². The van der Waals surface area contributed by atoms with Crippen LogP contribution in [0, 0.1) is 11.8 Å². The number of rotatable bonds is 18. The lowest BCUT2D eigenvalue weighted by Gasteiger charge is -2.27. The maximum absolute atomic E-state index is 13.7. The number of amides is 6. The minimum atomic E-state index is -1.46. The number of benzene rings is 2. The van der Waals surface area contributed by atoms with Crippen molar-refractivity contribution in [3.8, 4) is 0 Å². The van der Waals surface area contributed by atoms with Gasteiger partial charge in [0.25, 0.3) is 0 Å². The summed E-state index contributed by atoms with van der Waals surface area (Å²) in [6, 6.07) is 13.7. The maximum atomic E-state index is 13.7. The standard InChI is InChI=1S/C44H66N6O11/c1-25(2)33(49-41(57)60-43(5,6)7)39(55)47-29(21-27-17-13-11-14-18-27)37(53)45-23-31-35(51)36(52)32(59-31)24-46-38(54)30(22-28-19-15-12-16-20-28)48-40(56)34(26(3)4)50-42(58)61-44(8,9)10/h11-20,25-26,29-36,51-52H,21-24H2,1-10H3,(H,45,53)(H,46,54)(H,47,55)(H,48,56)(H,49,57)(H,50,58)/t29-,30-,31-,32-,33-,34-,35+,36+/m0/s1. The normalized spacial score (nSPS) is 19.8. The van der Waals surface area contributed by atoms with Crippen molar-refractivity contribution in [1.29, 1.82) is 0 Å². The topological polar surface area (TPSA) is 243 Å². The Morgan fingerprint density at radius 1 is 0.557 bits per heavy atom. The predicted octanol–water partition coefficient (Wildman–Crippen LogP) is 2.26. The van der Waals surface area contributed by atoms with Crippen LogP contribution in [0.4, 0.5) is 9.59 Å². The highest BCUT2D eigenvalue weighted by molar-refractivity contribution is 5.92. The van der Waals surface area contributed by atoms with Crippen LogP contribution in [0.15, 0.2) is 60.7 Å². The first-order valence-electron chi connectivity index (χ1n) is 20.7. The van der Waals surface area contributed by atoms with E-state index in [9.17, 15) is 39.0 Å². The van der Waals surface area contributed by atoms with Crippen molar-refractivity contribution in [3.05, 3.63) is 71.8 Å². The van der Waals surface area contributed by atoms with Crippen LogP contribution in [0.1, 0.15) is 80.4 Å². The van der Waals surface area contributed by atoms with Crippen molar-refractivity contribution >= 4 is 35.8 Å². The van der Waals surface area contributed by atoms with E-state index in [0.29, 0.717) is 0 Å². The molecule has 1 aliphatic heterocycles. The average Bonchev–Trinajstić information content (AvgIpc) is 3.43. The van der Waals surface area contributed by atoms with Gasteiger partial charge in [0.1, 0.15) is 59.8 Å². The summed E-state index contributed by atoms with van der Waals surface area (Å²) < 4.78 is 16.6. The Bertz CT molecular complexity index is 1640. The molecule has 338 valence electrons. The van der Waals surface area contributed by atoms with E-state index >= 15 is 0 Å². The fourth-order valence-electron chi connectivity index (χ4n) is 6.39. The molecule has 17 heteroatoms. The Labute approximate surface area is 358 Å². The molecule has 0 aliphatic carbocycles. The smallest absolute Gasteiger partial charge is 0.408 e. The molecular weight excluding hydrogens is 789 g/mol. The molecule has 0 saturated carbocycles. The molecule has 8 atom stereocenters. The summed E-state index contributed by atoms with van der Waals surface area (Å²) in [4.78, 5) is 79.6. The number of nitrogens with one attached hydrogen (secondary N) is 6. The highest BCUT2D eigenvalue weighted by Gasteiger charge is 2.43. The van der Waals surface area contributed by atoms with Crippen LogP contribution in [-0.4, -0.2) is 119 Å². The Hall–Kier alpha value is -5.26. The van der Waals surface area contributed by atoms with E-state index in [1.54, 1.807) is 118 Å². The molecule has 3 rings (SSSR count). The molecule has 0 unspecified atom stereocenters. The van der Waals surface area contributed by atoms with Crippen LogP contribution < -0.4 is 31.9 Å². The van der Waals surface area contributed by atoms with Gasteiger partial charge in [-0.05, 0) is 64.5 Å². The lowest BCUT2D eigenvalue weighted by molar-refractivity contribution is -0.131. The Morgan fingerprint density at radius 3 is 1.18 bits per heavy atom. The van der Waals surface area contributed by atoms with Gasteiger partial charge in [-0.2, -0.15) is 0 Å². The number of aliphatic hydroxyl groups excluding tert-OH is 2. The monoisotopic (exact) mass is 854 g/mol. The fraction of sp³-hybridized carbons (Fsp3) is 0.591. The zero-order valence-corrected chi connectivity index (χ0v) is 36.9. The third-order valence-corrected chi connectivity index (χ3v) is 9.49. The van der Waals surface area contributed by atoms with Gasteiger partial charge < -0.3 is 56.3 Å². The van der Waals surface area contributed by atoms with E-state index in [4.69, 9.17) is 14.2 Å². The number of carbonyl (C=O) groups excluding carboxylic acids is 6. The molecule has 1 fully saturated rings. The first kappa shape index (κ1) is 50.1. The van der Waals surface area contributed by atoms with Crippen molar-refractivity contribution < 1.29 is 53.2 Å². The quantitative estimate of drug-likeness (QED) is 0.108. The SMILES string of the molecule is CC(C)[C@H](NC(=O)OC(C)(C)C)C(=O)N[C@@H](Cc1ccccc1)C(=O)NC[C@@H]1O[C@@H](CNC(=O)[C@H](Cc2ccccc2)NC(=O)[C@@H](NC(=O)OC(C)(C)C)C(C)C)[C@@H](O)[C@@H]1O. The van der Waals surface area contributed by atoms with E-state index in [1.165, 1.54) is 0 Å². The van der Waals surface area contributed by atoms with Crippen molar-refractivity contribution in [2.45, 2.75) is 142 Å². The minimum absolute atomic E-state index is 0.0939. The molecular formula is C44H66N6O11. The lowest BCUT2D eigenvalue weighted by atomic mass is 10.0. The molecule has 1 aliphatic rings. The second-order valence-electron chi connectivity index (χ2n) is 17.9. The molecule has 1 heterocycles. The van der Waals surface area contributed by atoms with Gasteiger partial charge in [0.05, 0.1) is 0 Å². The molecule has 1 saturated heterocycles. The molecule has 17 nitrogen and oxygen atoms in total. The first-order valence-corrected chi connectivity index (χ1v) is 20.7. The van der Waals surface area contributed by atoms with E-state index in [0.717, 1.165) is 11.1 Å². The second-order valence-corrected chi connectivity index (χ2v) is 17.9.